The number of nitrogens with zero attached hydrogens (tertiary/aromatic N) is 1. The second-order valence-corrected chi connectivity index (χ2v) is 8.39. The maximum atomic E-state index is 11.8. The van der Waals surface area contributed by atoms with Crippen molar-refractivity contribution in [1.82, 2.24) is 4.31 Å². The molecule has 1 fully saturated rings. The molecular weight excluding hydrogens is 254 g/mol. The van der Waals surface area contributed by atoms with Crippen molar-refractivity contribution in [3.63, 3.8) is 0 Å². The van der Waals surface area contributed by atoms with Gasteiger partial charge in [-0.25, -0.2) is 16.8 Å². The SMILES string of the molecule is CS(=O)(=O)CS(=O)(=O)N1CCCCC1C=O. The summed E-state index contributed by atoms with van der Waals surface area (Å²) in [6.07, 6.45) is 3.34. The normalized spacial score (nSPS) is 24.2. The molecule has 0 radical (unpaired) electrons. The first-order valence-corrected chi connectivity index (χ1v) is 8.56. The number of carbonyl (C=O) groups is 1. The number of aldehydes is 1. The van der Waals surface area contributed by atoms with Crippen LogP contribution in [0.5, 0.6) is 0 Å². The van der Waals surface area contributed by atoms with Crippen molar-refractivity contribution in [3.05, 3.63) is 0 Å². The minimum absolute atomic E-state index is 0.223. The maximum absolute atomic E-state index is 11.8. The second kappa shape index (κ2) is 4.80. The van der Waals surface area contributed by atoms with Crippen molar-refractivity contribution >= 4 is 26.1 Å². The summed E-state index contributed by atoms with van der Waals surface area (Å²) in [4.78, 5) is 10.7. The van der Waals surface area contributed by atoms with Gasteiger partial charge >= 0.3 is 0 Å². The Morgan fingerprint density at radius 2 is 1.88 bits per heavy atom. The molecule has 1 rings (SSSR count). The molecule has 0 spiro atoms. The summed E-state index contributed by atoms with van der Waals surface area (Å²) in [5.41, 5.74) is 0. The quantitative estimate of drug-likeness (QED) is 0.634. The first-order chi connectivity index (χ1) is 7.26. The van der Waals surface area contributed by atoms with Gasteiger partial charge in [-0.3, -0.25) is 0 Å². The summed E-state index contributed by atoms with van der Waals surface area (Å²) in [5.74, 6) is 0. The lowest BCUT2D eigenvalue weighted by molar-refractivity contribution is -0.111. The van der Waals surface area contributed by atoms with Gasteiger partial charge in [-0.2, -0.15) is 4.31 Å². The van der Waals surface area contributed by atoms with Gasteiger partial charge < -0.3 is 4.79 Å². The zero-order chi connectivity index (χ0) is 12.4. The summed E-state index contributed by atoms with van der Waals surface area (Å²) in [6, 6.07) is -0.708. The fraction of sp³-hybridized carbons (Fsp3) is 0.875. The molecule has 94 valence electrons. The molecule has 0 aliphatic carbocycles. The molecule has 1 atom stereocenters. The highest BCUT2D eigenvalue weighted by molar-refractivity contribution is 8.06. The van der Waals surface area contributed by atoms with Crippen LogP contribution < -0.4 is 0 Å². The summed E-state index contributed by atoms with van der Waals surface area (Å²) >= 11 is 0. The van der Waals surface area contributed by atoms with E-state index in [-0.39, 0.29) is 6.54 Å². The van der Waals surface area contributed by atoms with E-state index < -0.39 is 31.0 Å². The third-order valence-corrected chi connectivity index (χ3v) is 6.45. The standard InChI is InChI=1S/C8H15NO5S2/c1-15(11,12)7-16(13,14)9-5-3-2-4-8(9)6-10/h6,8H,2-5,7H2,1H3. The number of sulfonamides is 1. The van der Waals surface area contributed by atoms with E-state index in [0.29, 0.717) is 19.1 Å². The Hall–Kier alpha value is -0.470. The van der Waals surface area contributed by atoms with Gasteiger partial charge in [0.05, 0.1) is 6.04 Å². The highest BCUT2D eigenvalue weighted by Crippen LogP contribution is 2.20. The highest BCUT2D eigenvalue weighted by atomic mass is 32.3. The molecule has 0 aromatic heterocycles. The Bertz CT molecular complexity index is 453. The third-order valence-electron chi connectivity index (χ3n) is 2.38. The number of rotatable bonds is 4. The molecule has 1 heterocycles. The van der Waals surface area contributed by atoms with Gasteiger partial charge in [0.25, 0.3) is 0 Å². The van der Waals surface area contributed by atoms with Crippen LogP contribution in [-0.2, 0) is 24.7 Å². The van der Waals surface area contributed by atoms with Crippen LogP contribution in [-0.4, -0.2) is 51.4 Å². The Kier molecular flexibility index (Phi) is 4.08. The predicted octanol–water partition coefficient (Wildman–Crippen LogP) is -0.628. The average molecular weight is 269 g/mol. The highest BCUT2D eigenvalue weighted by Gasteiger charge is 2.34. The van der Waals surface area contributed by atoms with Gasteiger partial charge in [0.1, 0.15) is 6.29 Å². The van der Waals surface area contributed by atoms with E-state index in [0.717, 1.165) is 17.0 Å². The van der Waals surface area contributed by atoms with E-state index >= 15 is 0 Å². The molecule has 8 heteroatoms. The molecule has 1 unspecified atom stereocenters. The van der Waals surface area contributed by atoms with Crippen LogP contribution in [0.4, 0.5) is 0 Å². The molecule has 0 saturated carbocycles. The largest absolute Gasteiger partial charge is 0.302 e. The van der Waals surface area contributed by atoms with Crippen LogP contribution in [0.3, 0.4) is 0 Å². The summed E-state index contributed by atoms with van der Waals surface area (Å²) in [5, 5.41) is -0.926. The van der Waals surface area contributed by atoms with Crippen molar-refractivity contribution in [2.45, 2.75) is 25.3 Å². The van der Waals surface area contributed by atoms with Crippen molar-refractivity contribution in [2.24, 2.45) is 0 Å². The Balaban J connectivity index is 2.93. The fourth-order valence-electron chi connectivity index (χ4n) is 1.75. The smallest absolute Gasteiger partial charge is 0.229 e. The van der Waals surface area contributed by atoms with Crippen LogP contribution in [0, 0.1) is 0 Å². The van der Waals surface area contributed by atoms with E-state index in [2.05, 4.69) is 0 Å². The van der Waals surface area contributed by atoms with Crippen molar-refractivity contribution in [1.29, 1.82) is 0 Å². The van der Waals surface area contributed by atoms with Gasteiger partial charge in [-0.05, 0) is 12.8 Å². The number of piperidine rings is 1. The first-order valence-electron chi connectivity index (χ1n) is 4.89. The Morgan fingerprint density at radius 3 is 2.38 bits per heavy atom. The van der Waals surface area contributed by atoms with Gasteiger partial charge in [0, 0.05) is 12.8 Å². The average Bonchev–Trinajstić information content (AvgIpc) is 2.14. The number of hydrogen-bond donors (Lipinski definition) is 0. The molecule has 1 saturated heterocycles. The number of hydrogen-bond acceptors (Lipinski definition) is 5. The monoisotopic (exact) mass is 269 g/mol. The number of carbonyl (C=O) groups excluding carboxylic acids is 1. The lowest BCUT2D eigenvalue weighted by Gasteiger charge is -2.30. The first kappa shape index (κ1) is 13.6. The molecule has 0 aromatic rings. The van der Waals surface area contributed by atoms with Crippen LogP contribution in [0.1, 0.15) is 19.3 Å². The maximum Gasteiger partial charge on any atom is 0.229 e. The van der Waals surface area contributed by atoms with Crippen LogP contribution in [0.15, 0.2) is 0 Å². The molecule has 1 aliphatic heterocycles. The lowest BCUT2D eigenvalue weighted by atomic mass is 10.1. The van der Waals surface area contributed by atoms with Gasteiger partial charge in [0.2, 0.25) is 10.0 Å². The molecule has 0 amide bonds. The molecule has 16 heavy (non-hydrogen) atoms. The van der Waals surface area contributed by atoms with E-state index in [1.807, 2.05) is 0 Å². The topological polar surface area (TPSA) is 88.6 Å². The zero-order valence-electron chi connectivity index (χ0n) is 9.00. The second-order valence-electron chi connectivity index (χ2n) is 3.97. The van der Waals surface area contributed by atoms with Crippen LogP contribution in [0.25, 0.3) is 0 Å². The molecule has 0 aromatic carbocycles. The lowest BCUT2D eigenvalue weighted by Crippen LogP contribution is -2.46. The third kappa shape index (κ3) is 3.53. The molecule has 1 aliphatic rings. The van der Waals surface area contributed by atoms with Gasteiger partial charge in [-0.1, -0.05) is 6.42 Å². The fourth-order valence-corrected chi connectivity index (χ4v) is 5.43. The van der Waals surface area contributed by atoms with E-state index in [9.17, 15) is 21.6 Å². The van der Waals surface area contributed by atoms with Crippen LogP contribution in [0.2, 0.25) is 0 Å². The summed E-state index contributed by atoms with van der Waals surface area (Å²) < 4.78 is 46.5. The Morgan fingerprint density at radius 1 is 1.25 bits per heavy atom. The van der Waals surface area contributed by atoms with E-state index in [1.165, 1.54) is 0 Å². The molecule has 0 N–H and O–H groups in total. The summed E-state index contributed by atoms with van der Waals surface area (Å²) in [7, 11) is -7.50. The number of sulfone groups is 1. The van der Waals surface area contributed by atoms with Crippen LogP contribution >= 0.6 is 0 Å². The predicted molar refractivity (Wildman–Crippen MR) is 59.0 cm³/mol. The molecule has 6 nitrogen and oxygen atoms in total. The van der Waals surface area contributed by atoms with Gasteiger partial charge in [0.15, 0.2) is 14.9 Å². The molecular formula is C8H15NO5S2. The van der Waals surface area contributed by atoms with E-state index in [1.54, 1.807) is 0 Å². The Labute approximate surface area is 95.6 Å². The van der Waals surface area contributed by atoms with E-state index in [4.69, 9.17) is 0 Å². The van der Waals surface area contributed by atoms with Crippen molar-refractivity contribution in [2.75, 3.05) is 17.9 Å². The summed E-state index contributed by atoms with van der Waals surface area (Å²) in [6.45, 7) is 0.223. The minimum atomic E-state index is -3.89. The van der Waals surface area contributed by atoms with Crippen molar-refractivity contribution in [3.8, 4) is 0 Å². The van der Waals surface area contributed by atoms with Gasteiger partial charge in [-0.15, -0.1) is 0 Å². The molecule has 0 bridgehead atoms. The van der Waals surface area contributed by atoms with Crippen molar-refractivity contribution < 1.29 is 21.6 Å². The zero-order valence-corrected chi connectivity index (χ0v) is 10.6. The minimum Gasteiger partial charge on any atom is -0.302 e.